The van der Waals surface area contributed by atoms with Gasteiger partial charge in [-0.15, -0.1) is 11.3 Å². The minimum atomic E-state index is -0.830. The molecule has 1 aromatic heterocycles. The maximum atomic E-state index is 12.3. The average molecular weight is 404 g/mol. The van der Waals surface area contributed by atoms with Crippen LogP contribution < -0.4 is 15.4 Å². The topological polar surface area (TPSA) is 93.7 Å². The standard InChI is InChI=1S/C20H24N2O5S/c1-13(2)18(22-19(24)16-5-4-10-28-16)20(25)27-12-17(23)21-11-14-6-8-15(26-3)9-7-14/h4-10,13,18H,11-12H2,1-3H3,(H,21,23)(H,22,24)/t18-/m1/s1. The van der Waals surface area contributed by atoms with Crippen molar-refractivity contribution in [1.29, 1.82) is 0 Å². The van der Waals surface area contributed by atoms with Crippen molar-refractivity contribution in [2.45, 2.75) is 26.4 Å². The average Bonchev–Trinajstić information content (AvgIpc) is 3.23. The van der Waals surface area contributed by atoms with Gasteiger partial charge in [0.05, 0.1) is 12.0 Å². The lowest BCUT2D eigenvalue weighted by atomic mass is 10.0. The molecule has 0 unspecified atom stereocenters. The molecule has 7 nitrogen and oxygen atoms in total. The Balaban J connectivity index is 1.80. The maximum absolute atomic E-state index is 12.3. The molecule has 2 rings (SSSR count). The number of rotatable bonds is 9. The molecule has 150 valence electrons. The predicted molar refractivity (Wildman–Crippen MR) is 106 cm³/mol. The normalized spacial score (nSPS) is 11.6. The molecule has 0 aliphatic heterocycles. The molecular weight excluding hydrogens is 380 g/mol. The SMILES string of the molecule is COc1ccc(CNC(=O)COC(=O)[C@H](NC(=O)c2cccs2)C(C)C)cc1. The molecule has 8 heteroatoms. The van der Waals surface area contributed by atoms with E-state index < -0.39 is 24.5 Å². The number of methoxy groups -OCH3 is 1. The van der Waals surface area contributed by atoms with Gasteiger partial charge in [0.2, 0.25) is 0 Å². The summed E-state index contributed by atoms with van der Waals surface area (Å²) in [6.07, 6.45) is 0. The van der Waals surface area contributed by atoms with Crippen LogP contribution in [0.3, 0.4) is 0 Å². The highest BCUT2D eigenvalue weighted by Crippen LogP contribution is 2.12. The van der Waals surface area contributed by atoms with Crippen molar-refractivity contribution in [2.75, 3.05) is 13.7 Å². The smallest absolute Gasteiger partial charge is 0.329 e. The highest BCUT2D eigenvalue weighted by atomic mass is 32.1. The zero-order valence-corrected chi connectivity index (χ0v) is 16.9. The second-order valence-corrected chi connectivity index (χ2v) is 7.35. The van der Waals surface area contributed by atoms with E-state index >= 15 is 0 Å². The van der Waals surface area contributed by atoms with Gasteiger partial charge in [0.25, 0.3) is 11.8 Å². The predicted octanol–water partition coefficient (Wildman–Crippen LogP) is 2.37. The van der Waals surface area contributed by atoms with Gasteiger partial charge in [0.1, 0.15) is 11.8 Å². The highest BCUT2D eigenvalue weighted by Gasteiger charge is 2.27. The Morgan fingerprint density at radius 2 is 1.82 bits per heavy atom. The van der Waals surface area contributed by atoms with E-state index in [2.05, 4.69) is 10.6 Å². The minimum Gasteiger partial charge on any atom is -0.497 e. The Hall–Kier alpha value is -2.87. The van der Waals surface area contributed by atoms with Crippen LogP contribution in [0.2, 0.25) is 0 Å². The first kappa shape index (κ1) is 21.4. The summed E-state index contributed by atoms with van der Waals surface area (Å²) >= 11 is 1.29. The third-order valence-electron chi connectivity index (χ3n) is 3.95. The molecule has 28 heavy (non-hydrogen) atoms. The van der Waals surface area contributed by atoms with Gasteiger partial charge >= 0.3 is 5.97 Å². The van der Waals surface area contributed by atoms with Crippen molar-refractivity contribution in [3.8, 4) is 5.75 Å². The Bertz CT molecular complexity index is 787. The van der Waals surface area contributed by atoms with E-state index in [1.54, 1.807) is 50.6 Å². The van der Waals surface area contributed by atoms with Gasteiger partial charge in [-0.1, -0.05) is 32.0 Å². The van der Waals surface area contributed by atoms with Crippen LogP contribution in [0.25, 0.3) is 0 Å². The number of thiophene rings is 1. The van der Waals surface area contributed by atoms with E-state index in [4.69, 9.17) is 9.47 Å². The highest BCUT2D eigenvalue weighted by molar-refractivity contribution is 7.12. The van der Waals surface area contributed by atoms with E-state index in [1.807, 2.05) is 12.1 Å². The van der Waals surface area contributed by atoms with Gasteiger partial charge in [-0.05, 0) is 35.1 Å². The third kappa shape index (κ3) is 6.38. The lowest BCUT2D eigenvalue weighted by molar-refractivity contribution is -0.151. The fraction of sp³-hybridized carbons (Fsp3) is 0.350. The number of hydrogen-bond acceptors (Lipinski definition) is 6. The second-order valence-electron chi connectivity index (χ2n) is 6.40. The molecule has 1 heterocycles. The maximum Gasteiger partial charge on any atom is 0.329 e. The van der Waals surface area contributed by atoms with Crippen LogP contribution in [0.5, 0.6) is 5.75 Å². The van der Waals surface area contributed by atoms with Crippen LogP contribution in [0.4, 0.5) is 0 Å². The van der Waals surface area contributed by atoms with Crippen molar-refractivity contribution >= 4 is 29.1 Å². The summed E-state index contributed by atoms with van der Waals surface area (Å²) in [6, 6.07) is 9.87. The fourth-order valence-electron chi connectivity index (χ4n) is 2.34. The molecule has 0 aliphatic carbocycles. The van der Waals surface area contributed by atoms with E-state index in [1.165, 1.54) is 11.3 Å². The number of esters is 1. The van der Waals surface area contributed by atoms with Crippen LogP contribution in [-0.4, -0.2) is 37.5 Å². The molecule has 0 radical (unpaired) electrons. The summed E-state index contributed by atoms with van der Waals surface area (Å²) in [7, 11) is 1.58. The zero-order chi connectivity index (χ0) is 20.5. The third-order valence-corrected chi connectivity index (χ3v) is 4.82. The van der Waals surface area contributed by atoms with Crippen LogP contribution in [0.15, 0.2) is 41.8 Å². The van der Waals surface area contributed by atoms with Crippen LogP contribution >= 0.6 is 11.3 Å². The Morgan fingerprint density at radius 3 is 2.39 bits per heavy atom. The summed E-state index contributed by atoms with van der Waals surface area (Å²) in [5, 5.41) is 7.13. The van der Waals surface area contributed by atoms with Gasteiger partial charge in [-0.2, -0.15) is 0 Å². The molecule has 0 aliphatic rings. The molecule has 0 fully saturated rings. The molecular formula is C20H24N2O5S. The molecule has 0 saturated carbocycles. The molecule has 0 bridgehead atoms. The molecule has 1 atom stereocenters. The van der Waals surface area contributed by atoms with Gasteiger partial charge < -0.3 is 20.1 Å². The molecule has 0 spiro atoms. The van der Waals surface area contributed by atoms with E-state index in [0.29, 0.717) is 11.4 Å². The van der Waals surface area contributed by atoms with Crippen molar-refractivity contribution in [3.63, 3.8) is 0 Å². The van der Waals surface area contributed by atoms with Crippen LogP contribution in [0, 0.1) is 5.92 Å². The van der Waals surface area contributed by atoms with E-state index in [0.717, 1.165) is 11.3 Å². The number of carbonyl (C=O) groups is 3. The first-order valence-electron chi connectivity index (χ1n) is 8.81. The summed E-state index contributed by atoms with van der Waals surface area (Å²) in [5.41, 5.74) is 0.892. The van der Waals surface area contributed by atoms with Crippen molar-refractivity contribution in [1.82, 2.24) is 10.6 Å². The van der Waals surface area contributed by atoms with E-state index in [9.17, 15) is 14.4 Å². The summed E-state index contributed by atoms with van der Waals surface area (Å²) in [5.74, 6) is -0.850. The van der Waals surface area contributed by atoms with Crippen LogP contribution in [0.1, 0.15) is 29.1 Å². The summed E-state index contributed by atoms with van der Waals surface area (Å²) in [6.45, 7) is 3.49. The fourth-order valence-corrected chi connectivity index (χ4v) is 2.97. The number of hydrogen-bond donors (Lipinski definition) is 2. The van der Waals surface area contributed by atoms with Crippen molar-refractivity contribution < 1.29 is 23.9 Å². The number of benzene rings is 1. The first-order valence-corrected chi connectivity index (χ1v) is 9.69. The largest absolute Gasteiger partial charge is 0.497 e. The number of carbonyl (C=O) groups excluding carboxylic acids is 3. The number of nitrogens with one attached hydrogen (secondary N) is 2. The monoisotopic (exact) mass is 404 g/mol. The summed E-state index contributed by atoms with van der Waals surface area (Å²) < 4.78 is 10.2. The van der Waals surface area contributed by atoms with Crippen molar-refractivity contribution in [3.05, 3.63) is 52.2 Å². The second kappa shape index (κ2) is 10.5. The lowest BCUT2D eigenvalue weighted by Crippen LogP contribution is -2.46. The zero-order valence-electron chi connectivity index (χ0n) is 16.1. The molecule has 2 amide bonds. The molecule has 2 N–H and O–H groups in total. The molecule has 2 aromatic rings. The Morgan fingerprint density at radius 1 is 1.11 bits per heavy atom. The first-order chi connectivity index (χ1) is 13.4. The van der Waals surface area contributed by atoms with Crippen LogP contribution in [-0.2, 0) is 20.9 Å². The van der Waals surface area contributed by atoms with Gasteiger partial charge in [0.15, 0.2) is 6.61 Å². The van der Waals surface area contributed by atoms with E-state index in [-0.39, 0.29) is 11.8 Å². The van der Waals surface area contributed by atoms with Crippen molar-refractivity contribution in [2.24, 2.45) is 5.92 Å². The Labute approximate surface area is 168 Å². The Kier molecular flexibility index (Phi) is 8.01. The summed E-state index contributed by atoms with van der Waals surface area (Å²) in [4.78, 5) is 36.9. The van der Waals surface area contributed by atoms with Gasteiger partial charge in [0, 0.05) is 6.54 Å². The number of ether oxygens (including phenoxy) is 2. The lowest BCUT2D eigenvalue weighted by Gasteiger charge is -2.20. The number of amides is 2. The van der Waals surface area contributed by atoms with Gasteiger partial charge in [-0.3, -0.25) is 9.59 Å². The minimum absolute atomic E-state index is 0.182. The molecule has 1 aromatic carbocycles. The van der Waals surface area contributed by atoms with Gasteiger partial charge in [-0.25, -0.2) is 4.79 Å². The quantitative estimate of drug-likeness (QED) is 0.626. The molecule has 0 saturated heterocycles.